The fraction of sp³-hybridized carbons (Fsp3) is 0.0833. The van der Waals surface area contributed by atoms with Crippen LogP contribution in [-0.4, -0.2) is 39.9 Å². The molecule has 1 N–H and O–H groups in total. The van der Waals surface area contributed by atoms with Crippen LogP contribution in [0.1, 0.15) is 5.56 Å². The maximum absolute atomic E-state index is 12.1. The van der Waals surface area contributed by atoms with Gasteiger partial charge in [-0.25, -0.2) is 4.98 Å². The number of likely N-dealkylation sites (N-methyl/N-ethyl adjacent to an activating group) is 1. The van der Waals surface area contributed by atoms with E-state index in [1.54, 1.807) is 32.6 Å². The molecule has 0 radical (unpaired) electrons. The van der Waals surface area contributed by atoms with E-state index in [-0.39, 0.29) is 11.5 Å². The molecule has 0 aliphatic carbocycles. The van der Waals surface area contributed by atoms with Gasteiger partial charge >= 0.3 is 0 Å². The number of nitriles is 1. The summed E-state index contributed by atoms with van der Waals surface area (Å²) < 4.78 is 0. The second-order valence-electron chi connectivity index (χ2n) is 7.05. The lowest BCUT2D eigenvalue weighted by Crippen LogP contribution is -2.22. The quantitative estimate of drug-likeness (QED) is 0.414. The van der Waals surface area contributed by atoms with Crippen molar-refractivity contribution in [3.8, 4) is 28.3 Å². The number of fused-ring (bicyclic) bond motifs is 1. The van der Waals surface area contributed by atoms with Gasteiger partial charge < -0.3 is 9.88 Å². The zero-order valence-corrected chi connectivity index (χ0v) is 16.6. The van der Waals surface area contributed by atoms with Gasteiger partial charge in [0, 0.05) is 55.4 Å². The minimum atomic E-state index is -0.319. The zero-order chi connectivity index (χ0) is 21.1. The van der Waals surface area contributed by atoms with Crippen LogP contribution >= 0.6 is 0 Å². The van der Waals surface area contributed by atoms with Crippen molar-refractivity contribution in [1.29, 1.82) is 5.26 Å². The number of aromatic nitrogens is 3. The summed E-state index contributed by atoms with van der Waals surface area (Å²) in [6.07, 6.45) is 8.90. The molecule has 0 unspecified atom stereocenters. The highest BCUT2D eigenvalue weighted by molar-refractivity contribution is 6.01. The molecule has 3 aromatic heterocycles. The molecule has 0 saturated carbocycles. The van der Waals surface area contributed by atoms with E-state index in [1.165, 1.54) is 4.90 Å². The number of amides is 1. The van der Waals surface area contributed by atoms with Crippen molar-refractivity contribution in [2.45, 2.75) is 0 Å². The van der Waals surface area contributed by atoms with Crippen molar-refractivity contribution in [3.63, 3.8) is 0 Å². The minimum absolute atomic E-state index is 0.0938. The molecule has 0 aliphatic heterocycles. The Morgan fingerprint density at radius 2 is 1.90 bits per heavy atom. The molecule has 0 saturated heterocycles. The number of carbonyl (C=O) groups is 1. The summed E-state index contributed by atoms with van der Waals surface area (Å²) in [7, 11) is 3.25. The summed E-state index contributed by atoms with van der Waals surface area (Å²) in [5.41, 5.74) is 5.71. The fourth-order valence-corrected chi connectivity index (χ4v) is 3.29. The minimum Gasteiger partial charge on any atom is -0.346 e. The molecule has 0 atom stereocenters. The Hall–Kier alpha value is -4.24. The maximum Gasteiger partial charge on any atom is 0.264 e. The Morgan fingerprint density at radius 3 is 2.63 bits per heavy atom. The third-order valence-corrected chi connectivity index (χ3v) is 4.81. The Morgan fingerprint density at radius 1 is 1.10 bits per heavy atom. The number of nitrogens with one attached hydrogen (secondary N) is 1. The summed E-state index contributed by atoms with van der Waals surface area (Å²) in [5.74, 6) is -0.319. The Labute approximate surface area is 174 Å². The Kier molecular flexibility index (Phi) is 5.10. The zero-order valence-electron chi connectivity index (χ0n) is 16.6. The van der Waals surface area contributed by atoms with Gasteiger partial charge in [-0.1, -0.05) is 18.2 Å². The first-order chi connectivity index (χ1) is 14.6. The molecular weight excluding hydrogens is 374 g/mol. The van der Waals surface area contributed by atoms with Crippen LogP contribution in [0.4, 0.5) is 0 Å². The number of hydrogen-bond acceptors (Lipinski definition) is 4. The third-order valence-electron chi connectivity index (χ3n) is 4.81. The summed E-state index contributed by atoms with van der Waals surface area (Å²) in [6.45, 7) is 0. The van der Waals surface area contributed by atoms with Crippen molar-refractivity contribution in [2.24, 2.45) is 0 Å². The molecule has 0 fully saturated rings. The second kappa shape index (κ2) is 8.02. The molecule has 146 valence electrons. The number of aromatic amines is 1. The second-order valence-corrected chi connectivity index (χ2v) is 7.05. The van der Waals surface area contributed by atoms with E-state index in [1.807, 2.05) is 54.9 Å². The van der Waals surface area contributed by atoms with Crippen molar-refractivity contribution in [1.82, 2.24) is 19.9 Å². The van der Waals surface area contributed by atoms with Gasteiger partial charge in [-0.2, -0.15) is 5.26 Å². The topological polar surface area (TPSA) is 85.7 Å². The number of H-pyrrole nitrogens is 1. The lowest BCUT2D eigenvalue weighted by atomic mass is 10.0. The SMILES string of the molecule is CN(C)C(=O)C(C#N)=Cc1cccc(-c2cnc3[nH]cc(-c4ccncc4)c3c2)c1. The predicted octanol–water partition coefficient (Wildman–Crippen LogP) is 4.29. The number of nitrogens with zero attached hydrogens (tertiary/aromatic N) is 4. The van der Waals surface area contributed by atoms with Crippen LogP contribution in [0.3, 0.4) is 0 Å². The van der Waals surface area contributed by atoms with E-state index < -0.39 is 0 Å². The van der Waals surface area contributed by atoms with Crippen LogP contribution in [0, 0.1) is 11.3 Å². The number of pyridine rings is 2. The molecule has 4 aromatic rings. The smallest absolute Gasteiger partial charge is 0.264 e. The Bertz CT molecular complexity index is 1300. The molecule has 1 amide bonds. The number of benzene rings is 1. The van der Waals surface area contributed by atoms with E-state index in [0.717, 1.165) is 38.9 Å². The third kappa shape index (κ3) is 3.69. The van der Waals surface area contributed by atoms with E-state index in [9.17, 15) is 10.1 Å². The highest BCUT2D eigenvalue weighted by Gasteiger charge is 2.12. The highest BCUT2D eigenvalue weighted by atomic mass is 16.2. The van der Waals surface area contributed by atoms with Crippen LogP contribution in [0.5, 0.6) is 0 Å². The molecule has 3 heterocycles. The normalized spacial score (nSPS) is 11.3. The van der Waals surface area contributed by atoms with Crippen LogP contribution in [0.2, 0.25) is 0 Å². The van der Waals surface area contributed by atoms with Crippen LogP contribution < -0.4 is 0 Å². The van der Waals surface area contributed by atoms with E-state index >= 15 is 0 Å². The summed E-state index contributed by atoms with van der Waals surface area (Å²) >= 11 is 0. The predicted molar refractivity (Wildman–Crippen MR) is 117 cm³/mol. The van der Waals surface area contributed by atoms with Crippen molar-refractivity contribution >= 4 is 23.0 Å². The largest absolute Gasteiger partial charge is 0.346 e. The van der Waals surface area contributed by atoms with Gasteiger partial charge in [0.1, 0.15) is 17.3 Å². The standard InChI is InChI=1S/C24H19N5O/c1-29(2)24(30)19(13-25)11-16-4-3-5-18(10-16)20-12-21-22(15-28-23(21)27-14-20)17-6-8-26-9-7-17/h3-12,14-15H,1-2H3,(H,27,28). The van der Waals surface area contributed by atoms with Gasteiger partial charge in [0.05, 0.1) is 0 Å². The first-order valence-electron chi connectivity index (χ1n) is 9.38. The average molecular weight is 393 g/mol. The van der Waals surface area contributed by atoms with E-state index in [0.29, 0.717) is 0 Å². The van der Waals surface area contributed by atoms with Gasteiger partial charge in [0.2, 0.25) is 0 Å². The van der Waals surface area contributed by atoms with E-state index in [2.05, 4.69) is 21.0 Å². The summed E-state index contributed by atoms with van der Waals surface area (Å²) in [6, 6.07) is 15.7. The van der Waals surface area contributed by atoms with E-state index in [4.69, 9.17) is 0 Å². The van der Waals surface area contributed by atoms with Crippen molar-refractivity contribution in [2.75, 3.05) is 14.1 Å². The first kappa shape index (κ1) is 19.1. The lowest BCUT2D eigenvalue weighted by molar-refractivity contribution is -0.124. The monoisotopic (exact) mass is 393 g/mol. The molecule has 0 aliphatic rings. The van der Waals surface area contributed by atoms with Crippen LogP contribution in [0.25, 0.3) is 39.4 Å². The molecule has 6 nitrogen and oxygen atoms in total. The fourth-order valence-electron chi connectivity index (χ4n) is 3.29. The molecule has 0 spiro atoms. The number of carbonyl (C=O) groups excluding carboxylic acids is 1. The molecule has 1 aromatic carbocycles. The van der Waals surface area contributed by atoms with Gasteiger partial charge in [-0.05, 0) is 47.0 Å². The van der Waals surface area contributed by atoms with Gasteiger partial charge in [0.25, 0.3) is 5.91 Å². The average Bonchev–Trinajstić information content (AvgIpc) is 3.21. The highest BCUT2D eigenvalue weighted by Crippen LogP contribution is 2.31. The summed E-state index contributed by atoms with van der Waals surface area (Å²) in [4.78, 5) is 25.4. The molecule has 6 heteroatoms. The number of hydrogen-bond donors (Lipinski definition) is 1. The van der Waals surface area contributed by atoms with Crippen LogP contribution in [-0.2, 0) is 4.79 Å². The van der Waals surface area contributed by atoms with Crippen molar-refractivity contribution < 1.29 is 4.79 Å². The molecule has 0 bridgehead atoms. The first-order valence-corrected chi connectivity index (χ1v) is 9.38. The Balaban J connectivity index is 1.76. The maximum atomic E-state index is 12.1. The van der Waals surface area contributed by atoms with Crippen molar-refractivity contribution in [3.05, 3.63) is 78.4 Å². The molecule has 4 rings (SSSR count). The molecule has 30 heavy (non-hydrogen) atoms. The van der Waals surface area contributed by atoms with Crippen LogP contribution in [0.15, 0.2) is 72.8 Å². The lowest BCUT2D eigenvalue weighted by Gasteiger charge is -2.09. The molecular formula is C24H19N5O. The summed E-state index contributed by atoms with van der Waals surface area (Å²) in [5, 5.41) is 10.4. The van der Waals surface area contributed by atoms with Gasteiger partial charge in [-0.3, -0.25) is 9.78 Å². The number of rotatable bonds is 4. The van der Waals surface area contributed by atoms with Gasteiger partial charge in [0.15, 0.2) is 0 Å². The van der Waals surface area contributed by atoms with Gasteiger partial charge in [-0.15, -0.1) is 0 Å².